The number of allylic oxidation sites excluding steroid dienone is 10. The summed E-state index contributed by atoms with van der Waals surface area (Å²) >= 11 is 0. The van der Waals surface area contributed by atoms with Gasteiger partial charge in [0.2, 0.25) is 0 Å². The molecule has 0 aromatic carbocycles. The summed E-state index contributed by atoms with van der Waals surface area (Å²) in [7, 11) is 0. The minimum atomic E-state index is -0.546. The number of hydrogen-bond acceptors (Lipinski definition) is 4. The van der Waals surface area contributed by atoms with E-state index in [1.165, 1.54) is 128 Å². The number of ether oxygens (including phenoxy) is 2. The molecule has 1 unspecified atom stereocenters. The first-order valence-electron chi connectivity index (χ1n) is 20.9. The summed E-state index contributed by atoms with van der Waals surface area (Å²) < 4.78 is 11.1. The van der Waals surface area contributed by atoms with Crippen LogP contribution in [0.15, 0.2) is 60.8 Å². The van der Waals surface area contributed by atoms with Crippen molar-refractivity contribution in [1.29, 1.82) is 0 Å². The first kappa shape index (κ1) is 47.1. The average molecular weight is 685 g/mol. The quantitative estimate of drug-likeness (QED) is 0.0399. The fourth-order valence-corrected chi connectivity index (χ4v) is 5.66. The summed E-state index contributed by atoms with van der Waals surface area (Å²) in [6.45, 7) is 5.26. The lowest BCUT2D eigenvalue weighted by Crippen LogP contribution is -2.27. The normalized spacial score (nSPS) is 13.0. The van der Waals surface area contributed by atoms with Gasteiger partial charge in [0.1, 0.15) is 6.10 Å². The standard InChI is InChI=1S/C45H80O4/c1-3-5-7-9-11-13-15-17-19-21-22-23-25-27-29-31-33-35-37-39-41-48-43-44(42-46)49-45(47)40-38-36-34-32-30-28-26-24-20-18-16-14-12-10-8-6-4-2/h11-14,17-20,22-23,44,46H,3-10,15-16,21,24-43H2,1-2H3/b13-11-,14-12-,19-17-,20-18-,23-22-. The van der Waals surface area contributed by atoms with Gasteiger partial charge in [0, 0.05) is 13.0 Å². The Morgan fingerprint density at radius 3 is 1.29 bits per heavy atom. The number of esters is 1. The topological polar surface area (TPSA) is 55.8 Å². The van der Waals surface area contributed by atoms with Crippen LogP contribution in [0.5, 0.6) is 0 Å². The molecule has 0 saturated carbocycles. The molecule has 0 aromatic heterocycles. The van der Waals surface area contributed by atoms with Gasteiger partial charge in [-0.25, -0.2) is 0 Å². The average Bonchev–Trinajstić information content (AvgIpc) is 3.11. The van der Waals surface area contributed by atoms with Gasteiger partial charge in [0.25, 0.3) is 0 Å². The Morgan fingerprint density at radius 2 is 0.857 bits per heavy atom. The number of unbranched alkanes of at least 4 members (excludes halogenated alkanes) is 20. The van der Waals surface area contributed by atoms with Crippen molar-refractivity contribution in [3.8, 4) is 0 Å². The van der Waals surface area contributed by atoms with E-state index in [1.54, 1.807) is 0 Å². The van der Waals surface area contributed by atoms with E-state index >= 15 is 0 Å². The third kappa shape index (κ3) is 40.4. The van der Waals surface area contributed by atoms with Crippen molar-refractivity contribution >= 4 is 5.97 Å². The molecule has 1 N–H and O–H groups in total. The minimum absolute atomic E-state index is 0.181. The maximum Gasteiger partial charge on any atom is 0.306 e. The van der Waals surface area contributed by atoms with Crippen LogP contribution in [0.4, 0.5) is 0 Å². The third-order valence-corrected chi connectivity index (χ3v) is 8.82. The van der Waals surface area contributed by atoms with Gasteiger partial charge >= 0.3 is 5.97 Å². The van der Waals surface area contributed by atoms with Crippen LogP contribution in [0.25, 0.3) is 0 Å². The Morgan fingerprint density at radius 1 is 0.490 bits per heavy atom. The minimum Gasteiger partial charge on any atom is -0.457 e. The van der Waals surface area contributed by atoms with Crippen LogP contribution in [-0.2, 0) is 14.3 Å². The van der Waals surface area contributed by atoms with Crippen molar-refractivity contribution in [3.63, 3.8) is 0 Å². The van der Waals surface area contributed by atoms with E-state index < -0.39 is 6.10 Å². The third-order valence-electron chi connectivity index (χ3n) is 8.82. The van der Waals surface area contributed by atoms with E-state index in [2.05, 4.69) is 74.6 Å². The highest BCUT2D eigenvalue weighted by Crippen LogP contribution is 2.12. The molecular formula is C45H80O4. The lowest BCUT2D eigenvalue weighted by molar-refractivity contribution is -0.154. The van der Waals surface area contributed by atoms with Gasteiger partial charge in [-0.15, -0.1) is 0 Å². The van der Waals surface area contributed by atoms with E-state index in [0.29, 0.717) is 13.0 Å². The van der Waals surface area contributed by atoms with E-state index in [0.717, 1.165) is 44.9 Å². The van der Waals surface area contributed by atoms with E-state index in [1.807, 2.05) is 0 Å². The van der Waals surface area contributed by atoms with Crippen LogP contribution in [-0.4, -0.2) is 37.0 Å². The molecule has 0 amide bonds. The van der Waals surface area contributed by atoms with Gasteiger partial charge in [-0.1, -0.05) is 164 Å². The van der Waals surface area contributed by atoms with Gasteiger partial charge in [0.15, 0.2) is 0 Å². The Balaban J connectivity index is 3.49. The van der Waals surface area contributed by atoms with Crippen molar-refractivity contribution in [2.24, 2.45) is 0 Å². The van der Waals surface area contributed by atoms with Gasteiger partial charge in [0.05, 0.1) is 13.2 Å². The molecule has 0 heterocycles. The molecule has 0 bridgehead atoms. The van der Waals surface area contributed by atoms with Gasteiger partial charge in [-0.2, -0.15) is 0 Å². The van der Waals surface area contributed by atoms with Gasteiger partial charge in [-0.3, -0.25) is 4.79 Å². The van der Waals surface area contributed by atoms with Crippen molar-refractivity contribution in [1.82, 2.24) is 0 Å². The molecule has 0 spiro atoms. The second kappa shape index (κ2) is 42.3. The molecule has 49 heavy (non-hydrogen) atoms. The van der Waals surface area contributed by atoms with Crippen LogP contribution in [0.1, 0.15) is 194 Å². The van der Waals surface area contributed by atoms with E-state index in [-0.39, 0.29) is 19.2 Å². The molecule has 0 aliphatic rings. The predicted molar refractivity (Wildman–Crippen MR) is 214 cm³/mol. The van der Waals surface area contributed by atoms with Crippen LogP contribution in [0, 0.1) is 0 Å². The maximum atomic E-state index is 12.2. The summed E-state index contributed by atoms with van der Waals surface area (Å²) in [4.78, 5) is 12.2. The molecule has 284 valence electrons. The largest absolute Gasteiger partial charge is 0.457 e. The van der Waals surface area contributed by atoms with Crippen LogP contribution in [0.2, 0.25) is 0 Å². The van der Waals surface area contributed by atoms with Crippen molar-refractivity contribution in [3.05, 3.63) is 60.8 Å². The van der Waals surface area contributed by atoms with Crippen molar-refractivity contribution in [2.45, 2.75) is 200 Å². The predicted octanol–water partition coefficient (Wildman–Crippen LogP) is 13.7. The number of carbonyl (C=O) groups is 1. The molecule has 4 heteroatoms. The first-order valence-corrected chi connectivity index (χ1v) is 20.9. The molecule has 0 fully saturated rings. The lowest BCUT2D eigenvalue weighted by Gasteiger charge is -2.15. The van der Waals surface area contributed by atoms with Crippen LogP contribution >= 0.6 is 0 Å². The highest BCUT2D eigenvalue weighted by atomic mass is 16.6. The Labute approximate surface area is 305 Å². The molecule has 1 atom stereocenters. The molecule has 0 aliphatic carbocycles. The zero-order valence-corrected chi connectivity index (χ0v) is 32.4. The lowest BCUT2D eigenvalue weighted by atomic mass is 10.1. The fourth-order valence-electron chi connectivity index (χ4n) is 5.66. The van der Waals surface area contributed by atoms with E-state index in [9.17, 15) is 9.90 Å². The second-order valence-corrected chi connectivity index (χ2v) is 13.7. The molecule has 4 nitrogen and oxygen atoms in total. The van der Waals surface area contributed by atoms with Crippen molar-refractivity contribution in [2.75, 3.05) is 19.8 Å². The summed E-state index contributed by atoms with van der Waals surface area (Å²) in [5.74, 6) is -0.214. The Bertz CT molecular complexity index is 809. The summed E-state index contributed by atoms with van der Waals surface area (Å²) in [6, 6.07) is 0. The number of hydrogen-bond donors (Lipinski definition) is 1. The maximum absolute atomic E-state index is 12.2. The summed E-state index contributed by atoms with van der Waals surface area (Å²) in [5.41, 5.74) is 0. The highest BCUT2D eigenvalue weighted by Gasteiger charge is 2.13. The highest BCUT2D eigenvalue weighted by molar-refractivity contribution is 5.69. The zero-order chi connectivity index (χ0) is 35.6. The van der Waals surface area contributed by atoms with Gasteiger partial charge in [-0.05, 0) is 83.5 Å². The van der Waals surface area contributed by atoms with Gasteiger partial charge < -0.3 is 14.6 Å². The summed E-state index contributed by atoms with van der Waals surface area (Å²) in [5, 5.41) is 9.59. The zero-order valence-electron chi connectivity index (χ0n) is 32.4. The SMILES string of the molecule is CCCCC/C=C\C/C=C\C/C=C\CCCCCCCCCOCC(CO)OC(=O)CCCCCCCCC/C=C\C/C=C\CCCCC. The monoisotopic (exact) mass is 685 g/mol. The van der Waals surface area contributed by atoms with Crippen LogP contribution in [0.3, 0.4) is 0 Å². The molecule has 0 aromatic rings. The molecular weight excluding hydrogens is 604 g/mol. The number of aliphatic hydroxyl groups excluding tert-OH is 1. The Kier molecular flexibility index (Phi) is 40.6. The first-order chi connectivity index (χ1) is 24.2. The number of aliphatic hydroxyl groups is 1. The molecule has 0 radical (unpaired) electrons. The van der Waals surface area contributed by atoms with Crippen LogP contribution < -0.4 is 0 Å². The molecule has 0 rings (SSSR count). The fraction of sp³-hybridized carbons (Fsp3) is 0.756. The van der Waals surface area contributed by atoms with E-state index in [4.69, 9.17) is 9.47 Å². The molecule has 0 saturated heterocycles. The van der Waals surface area contributed by atoms with Crippen molar-refractivity contribution < 1.29 is 19.4 Å². The molecule has 0 aliphatic heterocycles. The number of rotatable bonds is 38. The second-order valence-electron chi connectivity index (χ2n) is 13.7. The smallest absolute Gasteiger partial charge is 0.306 e. The Hall–Kier alpha value is -1.91. The number of carbonyl (C=O) groups excluding carboxylic acids is 1. The summed E-state index contributed by atoms with van der Waals surface area (Å²) in [6.07, 6.45) is 55.5.